The lowest BCUT2D eigenvalue weighted by atomic mass is 10.1. The van der Waals surface area contributed by atoms with Gasteiger partial charge in [0.15, 0.2) is 5.82 Å². The molecule has 0 aliphatic rings. The summed E-state index contributed by atoms with van der Waals surface area (Å²) in [6.45, 7) is 5.63. The van der Waals surface area contributed by atoms with E-state index in [1.807, 2.05) is 32.0 Å². The molecule has 7 nitrogen and oxygen atoms in total. The molecule has 0 bridgehead atoms. The first-order valence-electron chi connectivity index (χ1n) is 8.01. The Hall–Kier alpha value is -3.48. The van der Waals surface area contributed by atoms with E-state index in [0.29, 0.717) is 17.3 Å². The van der Waals surface area contributed by atoms with Gasteiger partial charge in [0, 0.05) is 24.1 Å². The number of hydrogen-bond donors (Lipinski definition) is 2. The highest BCUT2D eigenvalue weighted by molar-refractivity contribution is 6.08. The molecule has 2 aromatic heterocycles. The first kappa shape index (κ1) is 17.3. The van der Waals surface area contributed by atoms with Gasteiger partial charge in [-0.15, -0.1) is 0 Å². The van der Waals surface area contributed by atoms with Crippen LogP contribution in [0, 0.1) is 20.8 Å². The van der Waals surface area contributed by atoms with E-state index >= 15 is 0 Å². The SMILES string of the molecule is Cc1ccc(NC(=O)c2cncc(C(=O)Nc3cc(C)on3)c2)c(C)c1. The summed E-state index contributed by atoms with van der Waals surface area (Å²) in [5.74, 6) is 0.126. The second kappa shape index (κ2) is 7.18. The summed E-state index contributed by atoms with van der Waals surface area (Å²) in [6, 6.07) is 8.83. The normalized spacial score (nSPS) is 10.4. The molecule has 7 heteroatoms. The van der Waals surface area contributed by atoms with Crippen LogP contribution in [0.1, 0.15) is 37.6 Å². The molecule has 0 unspecified atom stereocenters. The number of benzene rings is 1. The summed E-state index contributed by atoms with van der Waals surface area (Å²) >= 11 is 0. The lowest BCUT2D eigenvalue weighted by Crippen LogP contribution is -2.16. The molecule has 2 amide bonds. The minimum atomic E-state index is -0.424. The van der Waals surface area contributed by atoms with Crippen LogP contribution in [0.3, 0.4) is 0 Å². The van der Waals surface area contributed by atoms with Gasteiger partial charge in [0.25, 0.3) is 11.8 Å². The second-order valence-electron chi connectivity index (χ2n) is 6.01. The Balaban J connectivity index is 1.75. The molecule has 0 atom stereocenters. The molecule has 0 saturated heterocycles. The maximum atomic E-state index is 12.5. The van der Waals surface area contributed by atoms with Crippen molar-refractivity contribution in [3.8, 4) is 0 Å². The minimum Gasteiger partial charge on any atom is -0.360 e. The third-order valence-electron chi connectivity index (χ3n) is 3.76. The van der Waals surface area contributed by atoms with Crippen molar-refractivity contribution in [2.24, 2.45) is 0 Å². The number of hydrogen-bond acceptors (Lipinski definition) is 5. The summed E-state index contributed by atoms with van der Waals surface area (Å²) in [5, 5.41) is 9.13. The topological polar surface area (TPSA) is 97.1 Å². The van der Waals surface area contributed by atoms with Gasteiger partial charge in [-0.05, 0) is 38.5 Å². The first-order chi connectivity index (χ1) is 12.4. The smallest absolute Gasteiger partial charge is 0.258 e. The number of rotatable bonds is 4. The highest BCUT2D eigenvalue weighted by Crippen LogP contribution is 2.17. The molecule has 0 radical (unpaired) electrons. The van der Waals surface area contributed by atoms with Crippen molar-refractivity contribution < 1.29 is 14.1 Å². The summed E-state index contributed by atoms with van der Waals surface area (Å²) in [5.41, 5.74) is 3.33. The summed E-state index contributed by atoms with van der Waals surface area (Å²) in [7, 11) is 0. The first-order valence-corrected chi connectivity index (χ1v) is 8.01. The molecule has 3 rings (SSSR count). The molecule has 2 N–H and O–H groups in total. The fourth-order valence-corrected chi connectivity index (χ4v) is 2.45. The highest BCUT2D eigenvalue weighted by atomic mass is 16.5. The van der Waals surface area contributed by atoms with Crippen LogP contribution in [0.25, 0.3) is 0 Å². The van der Waals surface area contributed by atoms with Crippen molar-refractivity contribution in [1.82, 2.24) is 10.1 Å². The summed E-state index contributed by atoms with van der Waals surface area (Å²) in [6.07, 6.45) is 2.80. The third-order valence-corrected chi connectivity index (χ3v) is 3.76. The molecule has 0 spiro atoms. The number of carbonyl (C=O) groups is 2. The van der Waals surface area contributed by atoms with Gasteiger partial charge in [-0.3, -0.25) is 14.6 Å². The molecule has 0 aliphatic heterocycles. The molecule has 132 valence electrons. The number of nitrogens with one attached hydrogen (secondary N) is 2. The van der Waals surface area contributed by atoms with E-state index in [1.165, 1.54) is 18.5 Å². The molecule has 3 aromatic rings. The van der Waals surface area contributed by atoms with Crippen LogP contribution in [-0.4, -0.2) is 22.0 Å². The number of anilines is 2. The minimum absolute atomic E-state index is 0.249. The zero-order valence-electron chi connectivity index (χ0n) is 14.7. The maximum Gasteiger partial charge on any atom is 0.258 e. The largest absolute Gasteiger partial charge is 0.360 e. The van der Waals surface area contributed by atoms with Gasteiger partial charge in [-0.2, -0.15) is 0 Å². The van der Waals surface area contributed by atoms with Gasteiger partial charge in [-0.1, -0.05) is 22.9 Å². The Kier molecular flexibility index (Phi) is 4.79. The monoisotopic (exact) mass is 350 g/mol. The van der Waals surface area contributed by atoms with Crippen LogP contribution in [0.2, 0.25) is 0 Å². The molecule has 2 heterocycles. The molecule has 0 saturated carbocycles. The molecule has 1 aromatic carbocycles. The Morgan fingerprint density at radius 1 is 0.923 bits per heavy atom. The van der Waals surface area contributed by atoms with Crippen LogP contribution in [0.5, 0.6) is 0 Å². The second-order valence-corrected chi connectivity index (χ2v) is 6.01. The zero-order valence-corrected chi connectivity index (χ0v) is 14.7. The van der Waals surface area contributed by atoms with Crippen molar-refractivity contribution >= 4 is 23.3 Å². The Bertz CT molecular complexity index is 978. The summed E-state index contributed by atoms with van der Waals surface area (Å²) in [4.78, 5) is 28.7. The molecule has 0 fully saturated rings. The Morgan fingerprint density at radius 2 is 1.62 bits per heavy atom. The van der Waals surface area contributed by atoms with Gasteiger partial charge in [0.1, 0.15) is 5.76 Å². The third kappa shape index (κ3) is 3.94. The average Bonchev–Trinajstić information content (AvgIpc) is 3.02. The van der Waals surface area contributed by atoms with Gasteiger partial charge in [0.05, 0.1) is 11.1 Å². The predicted octanol–water partition coefficient (Wildman–Crippen LogP) is 3.50. The van der Waals surface area contributed by atoms with Crippen LogP contribution in [0.15, 0.2) is 47.2 Å². The molecule has 26 heavy (non-hydrogen) atoms. The lowest BCUT2D eigenvalue weighted by molar-refractivity contribution is 0.102. The van der Waals surface area contributed by atoms with Crippen LogP contribution in [0.4, 0.5) is 11.5 Å². The number of pyridine rings is 1. The number of amides is 2. The van der Waals surface area contributed by atoms with E-state index in [-0.39, 0.29) is 17.0 Å². The maximum absolute atomic E-state index is 12.5. The van der Waals surface area contributed by atoms with E-state index in [0.717, 1.165) is 11.1 Å². The van der Waals surface area contributed by atoms with Gasteiger partial charge >= 0.3 is 0 Å². The van der Waals surface area contributed by atoms with E-state index in [1.54, 1.807) is 13.0 Å². The van der Waals surface area contributed by atoms with Crippen molar-refractivity contribution in [3.63, 3.8) is 0 Å². The molecular formula is C19H18N4O3. The van der Waals surface area contributed by atoms with Crippen LogP contribution in [-0.2, 0) is 0 Å². The van der Waals surface area contributed by atoms with E-state index in [9.17, 15) is 9.59 Å². The Labute approximate surface area is 150 Å². The molecular weight excluding hydrogens is 332 g/mol. The average molecular weight is 350 g/mol. The number of aromatic nitrogens is 2. The van der Waals surface area contributed by atoms with Crippen molar-refractivity contribution in [2.75, 3.05) is 10.6 Å². The lowest BCUT2D eigenvalue weighted by Gasteiger charge is -2.09. The predicted molar refractivity (Wildman–Crippen MR) is 97.3 cm³/mol. The van der Waals surface area contributed by atoms with Crippen LogP contribution < -0.4 is 10.6 Å². The van der Waals surface area contributed by atoms with E-state index < -0.39 is 5.91 Å². The van der Waals surface area contributed by atoms with Crippen molar-refractivity contribution in [2.45, 2.75) is 20.8 Å². The quantitative estimate of drug-likeness (QED) is 0.750. The number of nitrogens with zero attached hydrogens (tertiary/aromatic N) is 2. The van der Waals surface area contributed by atoms with Crippen molar-refractivity contribution in [1.29, 1.82) is 0 Å². The van der Waals surface area contributed by atoms with Gasteiger partial charge < -0.3 is 15.2 Å². The van der Waals surface area contributed by atoms with E-state index in [2.05, 4.69) is 20.8 Å². The van der Waals surface area contributed by atoms with E-state index in [4.69, 9.17) is 4.52 Å². The fraction of sp³-hybridized carbons (Fsp3) is 0.158. The van der Waals surface area contributed by atoms with Crippen LogP contribution >= 0.6 is 0 Å². The summed E-state index contributed by atoms with van der Waals surface area (Å²) < 4.78 is 4.90. The highest BCUT2D eigenvalue weighted by Gasteiger charge is 2.14. The Morgan fingerprint density at radius 3 is 2.23 bits per heavy atom. The van der Waals surface area contributed by atoms with Crippen molar-refractivity contribution in [3.05, 3.63) is 70.7 Å². The van der Waals surface area contributed by atoms with Gasteiger partial charge in [-0.25, -0.2) is 0 Å². The standard InChI is InChI=1S/C19H18N4O3/c1-11-4-5-16(12(2)6-11)21-18(24)14-8-15(10-20-9-14)19(25)22-17-7-13(3)26-23-17/h4-10H,1-3H3,(H,21,24)(H,22,23,25). The van der Waals surface area contributed by atoms with Gasteiger partial charge in [0.2, 0.25) is 0 Å². The number of carbonyl (C=O) groups excluding carboxylic acids is 2. The fourth-order valence-electron chi connectivity index (χ4n) is 2.45. The molecule has 0 aliphatic carbocycles. The zero-order chi connectivity index (χ0) is 18.7. The number of aryl methyl sites for hydroxylation is 3.